The van der Waals surface area contributed by atoms with E-state index in [0.717, 1.165) is 0 Å². The number of carbonyl (C=O) groups is 2. The van der Waals surface area contributed by atoms with Gasteiger partial charge in [-0.15, -0.1) is 0 Å². The first-order chi connectivity index (χ1) is 15.0. The van der Waals surface area contributed by atoms with Crippen LogP contribution in [0, 0.1) is 17.8 Å². The van der Waals surface area contributed by atoms with E-state index in [4.69, 9.17) is 15.0 Å². The van der Waals surface area contributed by atoms with E-state index in [-0.39, 0.29) is 13.2 Å². The molecule has 0 aromatic heterocycles. The van der Waals surface area contributed by atoms with E-state index < -0.39 is 63.4 Å². The predicted octanol–water partition coefficient (Wildman–Crippen LogP) is 2.84. The molecule has 2 aliphatic carbocycles. The van der Waals surface area contributed by atoms with Gasteiger partial charge in [0.1, 0.15) is 6.61 Å². The first-order valence-electron chi connectivity index (χ1n) is 9.43. The molecule has 174 valence electrons. The van der Waals surface area contributed by atoms with E-state index in [2.05, 4.69) is 14.2 Å². The zero-order valence-electron chi connectivity index (χ0n) is 16.6. The quantitative estimate of drug-likeness (QED) is 0.140. The second-order valence-electron chi connectivity index (χ2n) is 7.26. The Hall–Kier alpha value is -2.83. The van der Waals surface area contributed by atoms with Gasteiger partial charge in [-0.05, 0) is 30.4 Å². The van der Waals surface area contributed by atoms with Crippen LogP contribution in [0.5, 0.6) is 0 Å². The molecular weight excluding hydrogens is 459 g/mol. The van der Waals surface area contributed by atoms with Crippen molar-refractivity contribution in [1.29, 1.82) is 0 Å². The summed E-state index contributed by atoms with van der Waals surface area (Å²) in [5.41, 5.74) is 1.33. The van der Waals surface area contributed by atoms with Crippen molar-refractivity contribution in [3.63, 3.8) is 0 Å². The average molecular weight is 477 g/mol. The summed E-state index contributed by atoms with van der Waals surface area (Å²) < 4.78 is 76.3. The van der Waals surface area contributed by atoms with E-state index in [1.807, 2.05) is 0 Å². The van der Waals surface area contributed by atoms with Gasteiger partial charge in [-0.3, -0.25) is 13.8 Å². The predicted molar refractivity (Wildman–Crippen MR) is 99.7 cm³/mol. The van der Waals surface area contributed by atoms with E-state index in [1.54, 1.807) is 30.3 Å². The minimum atomic E-state index is -6.13. The summed E-state index contributed by atoms with van der Waals surface area (Å²) in [5.74, 6) is -4.92. The molecule has 0 bridgehead atoms. The normalized spacial score (nSPS) is 28.9. The van der Waals surface area contributed by atoms with Crippen LogP contribution in [0.25, 0.3) is 10.4 Å². The van der Waals surface area contributed by atoms with Crippen LogP contribution in [-0.4, -0.2) is 44.1 Å². The lowest BCUT2D eigenvalue weighted by Gasteiger charge is -2.31. The molecule has 1 aromatic rings. The monoisotopic (exact) mass is 477 g/mol. The van der Waals surface area contributed by atoms with Crippen molar-refractivity contribution in [2.45, 2.75) is 37.1 Å². The molecule has 1 aromatic carbocycles. The minimum Gasteiger partial charge on any atom is -0.466 e. The largest absolute Gasteiger partial charge is 0.523 e. The number of rotatable bonds is 8. The Morgan fingerprint density at radius 3 is 2.47 bits per heavy atom. The Morgan fingerprint density at radius 2 is 1.91 bits per heavy atom. The lowest BCUT2D eigenvalue weighted by Crippen LogP contribution is -2.52. The lowest BCUT2D eigenvalue weighted by molar-refractivity contribution is -0.157. The number of ether oxygens (including phenoxy) is 2. The summed E-state index contributed by atoms with van der Waals surface area (Å²) in [6, 6.07) is 8.21. The van der Waals surface area contributed by atoms with Crippen LogP contribution in [-0.2, 0) is 40.0 Å². The molecule has 2 fully saturated rings. The number of benzene rings is 1. The molecule has 0 N–H and O–H groups in total. The Kier molecular flexibility index (Phi) is 6.40. The first-order valence-corrected chi connectivity index (χ1v) is 10.8. The third-order valence-corrected chi connectivity index (χ3v) is 6.54. The van der Waals surface area contributed by atoms with Gasteiger partial charge in [0.25, 0.3) is 0 Å². The molecule has 0 amide bonds. The van der Waals surface area contributed by atoms with Gasteiger partial charge in [0.15, 0.2) is 5.54 Å². The number of azide groups is 1. The maximum Gasteiger partial charge on any atom is 0.523 e. The zero-order chi connectivity index (χ0) is 23.7. The summed E-state index contributed by atoms with van der Waals surface area (Å²) >= 11 is 0. The molecule has 2 saturated carbocycles. The SMILES string of the molecule is CCOC(=O)C1C2CC(OS(=O)(=O)C(F)(F)F)C(N=[N+]=[N-])(C(=O)OCc3ccccc3)C21. The van der Waals surface area contributed by atoms with Gasteiger partial charge in [-0.2, -0.15) is 21.6 Å². The first kappa shape index (κ1) is 23.8. The van der Waals surface area contributed by atoms with Crippen LogP contribution < -0.4 is 0 Å². The Morgan fingerprint density at radius 1 is 1.25 bits per heavy atom. The molecule has 0 radical (unpaired) electrons. The van der Waals surface area contributed by atoms with Crippen molar-refractivity contribution in [3.05, 3.63) is 46.3 Å². The van der Waals surface area contributed by atoms with Crippen LogP contribution in [0.4, 0.5) is 13.2 Å². The maximum absolute atomic E-state index is 13.0. The van der Waals surface area contributed by atoms with Gasteiger partial charge < -0.3 is 9.47 Å². The molecule has 0 spiro atoms. The summed E-state index contributed by atoms with van der Waals surface area (Å²) in [5, 5.41) is 3.37. The second-order valence-corrected chi connectivity index (χ2v) is 8.83. The fourth-order valence-electron chi connectivity index (χ4n) is 4.14. The van der Waals surface area contributed by atoms with Gasteiger partial charge >= 0.3 is 27.6 Å². The Labute approximate surface area is 180 Å². The van der Waals surface area contributed by atoms with Gasteiger partial charge in [0.2, 0.25) is 0 Å². The van der Waals surface area contributed by atoms with E-state index >= 15 is 0 Å². The van der Waals surface area contributed by atoms with E-state index in [0.29, 0.717) is 5.56 Å². The van der Waals surface area contributed by atoms with Crippen LogP contribution in [0.1, 0.15) is 18.9 Å². The number of nitrogens with zero attached hydrogens (tertiary/aromatic N) is 3. The number of esters is 2. The smallest absolute Gasteiger partial charge is 0.466 e. The highest BCUT2D eigenvalue weighted by molar-refractivity contribution is 7.87. The third kappa shape index (κ3) is 4.12. The summed E-state index contributed by atoms with van der Waals surface area (Å²) in [7, 11) is -6.13. The van der Waals surface area contributed by atoms with Gasteiger partial charge in [0, 0.05) is 10.8 Å². The van der Waals surface area contributed by atoms with Crippen LogP contribution in [0.3, 0.4) is 0 Å². The molecule has 0 aliphatic heterocycles. The number of hydrogen-bond acceptors (Lipinski definition) is 8. The van der Waals surface area contributed by atoms with Gasteiger partial charge in [0.05, 0.1) is 18.6 Å². The number of carbonyl (C=O) groups excluding carboxylic acids is 2. The molecule has 5 atom stereocenters. The molecular formula is C18H18F3N3O7S. The van der Waals surface area contributed by atoms with E-state index in [9.17, 15) is 31.2 Å². The number of halogens is 3. The van der Waals surface area contributed by atoms with Crippen LogP contribution >= 0.6 is 0 Å². The molecule has 2 aliphatic rings. The molecule has 3 rings (SSSR count). The van der Waals surface area contributed by atoms with Crippen molar-refractivity contribution in [2.24, 2.45) is 22.9 Å². The molecule has 0 heterocycles. The number of fused-ring (bicyclic) bond motifs is 1. The van der Waals surface area contributed by atoms with E-state index in [1.165, 1.54) is 6.92 Å². The number of alkyl halides is 3. The van der Waals surface area contributed by atoms with Crippen molar-refractivity contribution in [3.8, 4) is 0 Å². The summed E-state index contributed by atoms with van der Waals surface area (Å²) in [6.07, 6.45) is -2.46. The van der Waals surface area contributed by atoms with Crippen molar-refractivity contribution in [1.82, 2.24) is 0 Å². The van der Waals surface area contributed by atoms with Gasteiger partial charge in [-0.25, -0.2) is 0 Å². The molecule has 5 unspecified atom stereocenters. The molecule has 14 heteroatoms. The lowest BCUT2D eigenvalue weighted by atomic mass is 9.88. The molecule has 0 saturated heterocycles. The van der Waals surface area contributed by atoms with Crippen molar-refractivity contribution < 1.29 is 44.8 Å². The second kappa shape index (κ2) is 8.60. The summed E-state index contributed by atoms with van der Waals surface area (Å²) in [6.45, 7) is 1.21. The summed E-state index contributed by atoms with van der Waals surface area (Å²) in [4.78, 5) is 27.8. The number of hydrogen-bond donors (Lipinski definition) is 0. The zero-order valence-corrected chi connectivity index (χ0v) is 17.4. The highest BCUT2D eigenvalue weighted by Crippen LogP contribution is 2.65. The van der Waals surface area contributed by atoms with Gasteiger partial charge in [-0.1, -0.05) is 35.4 Å². The van der Waals surface area contributed by atoms with Crippen LogP contribution in [0.2, 0.25) is 0 Å². The standard InChI is InChI=1S/C18H18F3N3O7S/c1-2-29-15(25)13-11-8-12(31-32(27,28)18(19,20)21)17(14(11)13,23-24-22)16(26)30-9-10-6-4-3-5-7-10/h3-7,11-14H,2,8-9H2,1H3. The van der Waals surface area contributed by atoms with Crippen molar-refractivity contribution >= 4 is 22.1 Å². The molecule has 32 heavy (non-hydrogen) atoms. The third-order valence-electron chi connectivity index (χ3n) is 5.49. The fourth-order valence-corrected chi connectivity index (χ4v) is 4.78. The highest BCUT2D eigenvalue weighted by atomic mass is 32.2. The van der Waals surface area contributed by atoms with Crippen molar-refractivity contribution in [2.75, 3.05) is 6.61 Å². The van der Waals surface area contributed by atoms with Crippen LogP contribution in [0.15, 0.2) is 35.4 Å². The topological polar surface area (TPSA) is 145 Å². The fraction of sp³-hybridized carbons (Fsp3) is 0.556. The molecule has 10 nitrogen and oxygen atoms in total. The Balaban J connectivity index is 1.95. The highest BCUT2D eigenvalue weighted by Gasteiger charge is 2.77. The minimum absolute atomic E-state index is 0.00409. The maximum atomic E-state index is 13.0. The average Bonchev–Trinajstić information content (AvgIpc) is 3.35. The Bertz CT molecular complexity index is 1040.